The van der Waals surface area contributed by atoms with Crippen LogP contribution < -0.4 is 10.6 Å². The molecule has 1 aliphatic heterocycles. The lowest BCUT2D eigenvalue weighted by Gasteiger charge is -2.19. The van der Waals surface area contributed by atoms with Crippen LogP contribution in [0.15, 0.2) is 24.3 Å². The molecule has 2 amide bonds. The van der Waals surface area contributed by atoms with Crippen molar-refractivity contribution in [3.05, 3.63) is 35.4 Å². The molecule has 0 saturated carbocycles. The van der Waals surface area contributed by atoms with Gasteiger partial charge in [-0.15, -0.1) is 0 Å². The number of nitrogens with one attached hydrogen (secondary N) is 2. The van der Waals surface area contributed by atoms with Crippen LogP contribution in [0.1, 0.15) is 44.7 Å². The van der Waals surface area contributed by atoms with Crippen LogP contribution in [0, 0.1) is 0 Å². The van der Waals surface area contributed by atoms with Crippen molar-refractivity contribution in [1.82, 2.24) is 10.6 Å². The van der Waals surface area contributed by atoms with Crippen LogP contribution in [0.3, 0.4) is 0 Å². The molecule has 1 saturated heterocycles. The molecule has 1 aliphatic rings. The van der Waals surface area contributed by atoms with Gasteiger partial charge in [0.1, 0.15) is 6.04 Å². The number of rotatable bonds is 5. The SMILES string of the molecule is CC(C)(C)OCc1cccc(CNC(=O)[C@H]2CCC(=O)N2)c1. The number of benzene rings is 1. The molecule has 0 unspecified atom stereocenters. The molecular formula is C17H24N2O3. The smallest absolute Gasteiger partial charge is 0.242 e. The van der Waals surface area contributed by atoms with E-state index in [1.807, 2.05) is 45.0 Å². The van der Waals surface area contributed by atoms with Gasteiger partial charge in [0.05, 0.1) is 12.2 Å². The van der Waals surface area contributed by atoms with E-state index in [2.05, 4.69) is 10.6 Å². The molecule has 2 N–H and O–H groups in total. The Kier molecular flexibility index (Phi) is 5.19. The van der Waals surface area contributed by atoms with Crippen LogP contribution in [0.4, 0.5) is 0 Å². The largest absolute Gasteiger partial charge is 0.371 e. The maximum atomic E-state index is 12.0. The lowest BCUT2D eigenvalue weighted by Crippen LogP contribution is -2.41. The van der Waals surface area contributed by atoms with E-state index in [4.69, 9.17) is 4.74 Å². The van der Waals surface area contributed by atoms with Crippen molar-refractivity contribution in [1.29, 1.82) is 0 Å². The summed E-state index contributed by atoms with van der Waals surface area (Å²) in [5.41, 5.74) is 1.92. The Morgan fingerprint density at radius 1 is 1.36 bits per heavy atom. The van der Waals surface area contributed by atoms with Gasteiger partial charge in [-0.25, -0.2) is 0 Å². The summed E-state index contributed by atoms with van der Waals surface area (Å²) in [4.78, 5) is 23.1. The first kappa shape index (κ1) is 16.5. The third kappa shape index (κ3) is 5.15. The van der Waals surface area contributed by atoms with Gasteiger partial charge < -0.3 is 15.4 Å². The summed E-state index contributed by atoms with van der Waals surface area (Å²) in [7, 11) is 0. The van der Waals surface area contributed by atoms with E-state index >= 15 is 0 Å². The van der Waals surface area contributed by atoms with Crippen LogP contribution in [-0.2, 0) is 27.5 Å². The zero-order valence-corrected chi connectivity index (χ0v) is 13.4. The second kappa shape index (κ2) is 6.92. The van der Waals surface area contributed by atoms with E-state index in [9.17, 15) is 9.59 Å². The number of amides is 2. The van der Waals surface area contributed by atoms with Gasteiger partial charge in [0, 0.05) is 13.0 Å². The highest BCUT2D eigenvalue weighted by Crippen LogP contribution is 2.13. The highest BCUT2D eigenvalue weighted by Gasteiger charge is 2.26. The molecule has 2 rings (SSSR count). The van der Waals surface area contributed by atoms with Gasteiger partial charge in [0.2, 0.25) is 11.8 Å². The molecule has 1 aromatic rings. The zero-order valence-electron chi connectivity index (χ0n) is 13.4. The Morgan fingerprint density at radius 2 is 2.09 bits per heavy atom. The number of carbonyl (C=O) groups is 2. The minimum absolute atomic E-state index is 0.0542. The lowest BCUT2D eigenvalue weighted by atomic mass is 10.1. The number of carbonyl (C=O) groups excluding carboxylic acids is 2. The Labute approximate surface area is 131 Å². The number of hydrogen-bond donors (Lipinski definition) is 2. The van der Waals surface area contributed by atoms with Gasteiger partial charge in [-0.1, -0.05) is 24.3 Å². The number of hydrogen-bond acceptors (Lipinski definition) is 3. The highest BCUT2D eigenvalue weighted by atomic mass is 16.5. The molecule has 1 heterocycles. The molecule has 22 heavy (non-hydrogen) atoms. The standard InChI is InChI=1S/C17H24N2O3/c1-17(2,3)22-11-13-6-4-5-12(9-13)10-18-16(21)14-7-8-15(20)19-14/h4-6,9,14H,7-8,10-11H2,1-3H3,(H,18,21)(H,19,20)/t14-/m1/s1. The van der Waals surface area contributed by atoms with Crippen LogP contribution in [0.2, 0.25) is 0 Å². The first-order chi connectivity index (χ1) is 10.3. The van der Waals surface area contributed by atoms with Crippen molar-refractivity contribution in [2.45, 2.75) is 58.4 Å². The van der Waals surface area contributed by atoms with Gasteiger partial charge in [-0.2, -0.15) is 0 Å². The third-order valence-corrected chi connectivity index (χ3v) is 3.44. The second-order valence-corrected chi connectivity index (χ2v) is 6.60. The average molecular weight is 304 g/mol. The van der Waals surface area contributed by atoms with E-state index in [1.54, 1.807) is 0 Å². The number of ether oxygens (including phenoxy) is 1. The predicted octanol–water partition coefficient (Wildman–Crippen LogP) is 1.90. The quantitative estimate of drug-likeness (QED) is 0.873. The third-order valence-electron chi connectivity index (χ3n) is 3.44. The van der Waals surface area contributed by atoms with Crippen LogP contribution in [0.5, 0.6) is 0 Å². The fourth-order valence-corrected chi connectivity index (χ4v) is 2.25. The Hall–Kier alpha value is -1.88. The minimum atomic E-state index is -0.389. The summed E-state index contributed by atoms with van der Waals surface area (Å²) in [5, 5.41) is 5.53. The van der Waals surface area contributed by atoms with Crippen molar-refractivity contribution in [2.24, 2.45) is 0 Å². The van der Waals surface area contributed by atoms with Crippen molar-refractivity contribution in [3.63, 3.8) is 0 Å². The van der Waals surface area contributed by atoms with E-state index in [1.165, 1.54) is 0 Å². The van der Waals surface area contributed by atoms with E-state index in [0.717, 1.165) is 11.1 Å². The van der Waals surface area contributed by atoms with Gasteiger partial charge >= 0.3 is 0 Å². The van der Waals surface area contributed by atoms with Crippen molar-refractivity contribution in [2.75, 3.05) is 0 Å². The fourth-order valence-electron chi connectivity index (χ4n) is 2.25. The van der Waals surface area contributed by atoms with E-state index in [0.29, 0.717) is 26.0 Å². The summed E-state index contributed by atoms with van der Waals surface area (Å²) in [6.45, 7) is 7.06. The van der Waals surface area contributed by atoms with Gasteiger partial charge in [0.25, 0.3) is 0 Å². The van der Waals surface area contributed by atoms with Gasteiger partial charge in [-0.05, 0) is 38.3 Å². The summed E-state index contributed by atoms with van der Waals surface area (Å²) in [6.07, 6.45) is 1.00. The van der Waals surface area contributed by atoms with Crippen LogP contribution in [-0.4, -0.2) is 23.5 Å². The molecule has 0 radical (unpaired) electrons. The molecule has 0 aliphatic carbocycles. The average Bonchev–Trinajstić information content (AvgIpc) is 2.89. The minimum Gasteiger partial charge on any atom is -0.371 e. The van der Waals surface area contributed by atoms with E-state index < -0.39 is 0 Å². The molecule has 5 nitrogen and oxygen atoms in total. The summed E-state index contributed by atoms with van der Waals surface area (Å²) < 4.78 is 5.75. The van der Waals surface area contributed by atoms with Crippen molar-refractivity contribution >= 4 is 11.8 Å². The molecule has 1 atom stereocenters. The molecule has 0 spiro atoms. The molecular weight excluding hydrogens is 280 g/mol. The maximum absolute atomic E-state index is 12.0. The molecule has 1 aromatic carbocycles. The summed E-state index contributed by atoms with van der Waals surface area (Å²) in [6, 6.07) is 7.57. The highest BCUT2D eigenvalue weighted by molar-refractivity contribution is 5.90. The monoisotopic (exact) mass is 304 g/mol. The van der Waals surface area contributed by atoms with Crippen molar-refractivity contribution < 1.29 is 14.3 Å². The maximum Gasteiger partial charge on any atom is 0.242 e. The lowest BCUT2D eigenvalue weighted by molar-refractivity contribution is -0.125. The topological polar surface area (TPSA) is 67.4 Å². The Balaban J connectivity index is 1.85. The fraction of sp³-hybridized carbons (Fsp3) is 0.529. The van der Waals surface area contributed by atoms with E-state index in [-0.39, 0.29) is 23.5 Å². The first-order valence-electron chi connectivity index (χ1n) is 7.62. The normalized spacial score (nSPS) is 18.1. The van der Waals surface area contributed by atoms with Gasteiger partial charge in [0.15, 0.2) is 0 Å². The molecule has 1 fully saturated rings. The molecule has 0 aromatic heterocycles. The molecule has 120 valence electrons. The van der Waals surface area contributed by atoms with Crippen LogP contribution >= 0.6 is 0 Å². The van der Waals surface area contributed by atoms with Crippen molar-refractivity contribution in [3.8, 4) is 0 Å². The predicted molar refractivity (Wildman–Crippen MR) is 84.0 cm³/mol. The second-order valence-electron chi connectivity index (χ2n) is 6.60. The Bertz CT molecular complexity index is 549. The van der Waals surface area contributed by atoms with Gasteiger partial charge in [-0.3, -0.25) is 9.59 Å². The summed E-state index contributed by atoms with van der Waals surface area (Å²) >= 11 is 0. The Morgan fingerprint density at radius 3 is 2.73 bits per heavy atom. The van der Waals surface area contributed by atoms with Crippen LogP contribution in [0.25, 0.3) is 0 Å². The first-order valence-corrected chi connectivity index (χ1v) is 7.62. The molecule has 0 bridgehead atoms. The zero-order chi connectivity index (χ0) is 16.2. The summed E-state index contributed by atoms with van der Waals surface area (Å²) in [5.74, 6) is -0.177. The molecule has 5 heteroatoms.